The highest BCUT2D eigenvalue weighted by Gasteiger charge is 2.22. The minimum Gasteiger partial charge on any atom is -0.460 e. The van der Waals surface area contributed by atoms with E-state index in [-0.39, 0.29) is 23.7 Å². The van der Waals surface area contributed by atoms with E-state index in [9.17, 15) is 13.2 Å². The first-order valence-corrected chi connectivity index (χ1v) is 9.22. The second-order valence-corrected chi connectivity index (χ2v) is 6.72. The van der Waals surface area contributed by atoms with Crippen LogP contribution in [0.2, 0.25) is 0 Å². The molecule has 1 saturated heterocycles. The number of carbonyl (C=O) groups is 1. The summed E-state index contributed by atoms with van der Waals surface area (Å²) in [7, 11) is -3.91. The van der Waals surface area contributed by atoms with Crippen LogP contribution >= 0.6 is 0 Å². The Morgan fingerprint density at radius 2 is 2.00 bits per heavy atom. The minimum atomic E-state index is -3.91. The predicted molar refractivity (Wildman–Crippen MR) is 87.6 cm³/mol. The molecule has 0 unspecified atom stereocenters. The fourth-order valence-corrected chi connectivity index (χ4v) is 2.89. The summed E-state index contributed by atoms with van der Waals surface area (Å²) in [6.07, 6.45) is 0. The third kappa shape index (κ3) is 4.91. The summed E-state index contributed by atoms with van der Waals surface area (Å²) in [5, 5.41) is 5.16. The van der Waals surface area contributed by atoms with Gasteiger partial charge in [0.1, 0.15) is 6.61 Å². The van der Waals surface area contributed by atoms with E-state index in [0.29, 0.717) is 38.6 Å². The van der Waals surface area contributed by atoms with Crippen molar-refractivity contribution in [1.29, 1.82) is 0 Å². The molecular formula is C15H22N2O6S. The molecule has 2 N–H and O–H groups in total. The Labute approximate surface area is 141 Å². The van der Waals surface area contributed by atoms with Crippen molar-refractivity contribution in [2.75, 3.05) is 51.0 Å². The molecule has 0 radical (unpaired) electrons. The molecule has 1 aromatic carbocycles. The highest BCUT2D eigenvalue weighted by atomic mass is 32.2. The lowest BCUT2D eigenvalue weighted by molar-refractivity contribution is 0.0335. The lowest BCUT2D eigenvalue weighted by Gasteiger charge is -2.30. The van der Waals surface area contributed by atoms with Crippen molar-refractivity contribution in [3.05, 3.63) is 23.8 Å². The summed E-state index contributed by atoms with van der Waals surface area (Å²) in [6.45, 7) is 5.03. The van der Waals surface area contributed by atoms with Crippen molar-refractivity contribution >= 4 is 21.7 Å². The molecule has 134 valence electrons. The van der Waals surface area contributed by atoms with Gasteiger partial charge in [-0.3, -0.25) is 0 Å². The number of sulfonamides is 1. The Kier molecular flexibility index (Phi) is 6.55. The maximum absolute atomic E-state index is 12.4. The van der Waals surface area contributed by atoms with E-state index in [1.54, 1.807) is 6.07 Å². The molecule has 2 rings (SSSR count). The molecule has 1 aromatic rings. The van der Waals surface area contributed by atoms with Gasteiger partial charge in [-0.2, -0.15) is 0 Å². The molecule has 0 aromatic heterocycles. The number of primary sulfonamides is 1. The van der Waals surface area contributed by atoms with Crippen LogP contribution in [-0.2, 0) is 24.2 Å². The van der Waals surface area contributed by atoms with Crippen LogP contribution in [0.5, 0.6) is 0 Å². The third-order valence-electron chi connectivity index (χ3n) is 3.53. The maximum atomic E-state index is 12.4. The quantitative estimate of drug-likeness (QED) is 0.554. The molecule has 0 amide bonds. The second-order valence-electron chi connectivity index (χ2n) is 5.16. The first-order chi connectivity index (χ1) is 11.4. The summed E-state index contributed by atoms with van der Waals surface area (Å²) in [5.74, 6) is -0.610. The summed E-state index contributed by atoms with van der Waals surface area (Å²) in [4.78, 5) is 14.2. The molecule has 0 aliphatic carbocycles. The molecule has 8 nitrogen and oxygen atoms in total. The first kappa shape index (κ1) is 18.7. The molecule has 1 fully saturated rings. The standard InChI is InChI=1S/C15H22N2O6S/c1-2-21-9-10-23-15(18)13-11-12(24(16,19)20)3-4-14(13)17-5-7-22-8-6-17/h3-4,11H,2,5-10H2,1H3,(H2,16,19,20). The zero-order chi connectivity index (χ0) is 17.6. The van der Waals surface area contributed by atoms with E-state index >= 15 is 0 Å². The van der Waals surface area contributed by atoms with Crippen molar-refractivity contribution in [3.63, 3.8) is 0 Å². The van der Waals surface area contributed by atoms with Crippen molar-refractivity contribution in [2.24, 2.45) is 5.14 Å². The van der Waals surface area contributed by atoms with Crippen LogP contribution in [-0.4, -0.2) is 60.5 Å². The largest absolute Gasteiger partial charge is 0.460 e. The van der Waals surface area contributed by atoms with Crippen LogP contribution in [0.1, 0.15) is 17.3 Å². The summed E-state index contributed by atoms with van der Waals surface area (Å²) in [5.41, 5.74) is 0.770. The molecule has 1 aliphatic rings. The Hall–Kier alpha value is -1.68. The monoisotopic (exact) mass is 358 g/mol. The molecule has 0 saturated carbocycles. The normalized spacial score (nSPS) is 15.3. The van der Waals surface area contributed by atoms with Crippen LogP contribution in [0, 0.1) is 0 Å². The first-order valence-electron chi connectivity index (χ1n) is 7.68. The van der Waals surface area contributed by atoms with Gasteiger partial charge < -0.3 is 19.1 Å². The molecule has 9 heteroatoms. The Morgan fingerprint density at radius 1 is 1.29 bits per heavy atom. The van der Waals surface area contributed by atoms with Crippen LogP contribution in [0.4, 0.5) is 5.69 Å². The molecular weight excluding hydrogens is 336 g/mol. The van der Waals surface area contributed by atoms with Gasteiger partial charge in [0.2, 0.25) is 10.0 Å². The predicted octanol–water partition coefficient (Wildman–Crippen LogP) is 0.364. The lowest BCUT2D eigenvalue weighted by atomic mass is 10.1. The number of anilines is 1. The van der Waals surface area contributed by atoms with Crippen molar-refractivity contribution in [3.8, 4) is 0 Å². The SMILES string of the molecule is CCOCCOC(=O)c1cc(S(N)(=O)=O)ccc1N1CCOCC1. The van der Waals surface area contributed by atoms with Gasteiger partial charge in [-0.05, 0) is 25.1 Å². The number of nitrogens with two attached hydrogens (primary N) is 1. The van der Waals surface area contributed by atoms with Crippen molar-refractivity contribution in [1.82, 2.24) is 0 Å². The molecule has 0 spiro atoms. The average molecular weight is 358 g/mol. The smallest absolute Gasteiger partial charge is 0.340 e. The number of morpholine rings is 1. The van der Waals surface area contributed by atoms with Gasteiger partial charge in [0.05, 0.1) is 36.0 Å². The fraction of sp³-hybridized carbons (Fsp3) is 0.533. The van der Waals surface area contributed by atoms with Gasteiger partial charge >= 0.3 is 5.97 Å². The van der Waals surface area contributed by atoms with Crippen LogP contribution in [0.15, 0.2) is 23.1 Å². The summed E-state index contributed by atoms with van der Waals surface area (Å²) in [6, 6.07) is 4.21. The summed E-state index contributed by atoms with van der Waals surface area (Å²) < 4.78 is 38.7. The highest BCUT2D eigenvalue weighted by molar-refractivity contribution is 7.89. The van der Waals surface area contributed by atoms with Crippen LogP contribution in [0.25, 0.3) is 0 Å². The summed E-state index contributed by atoms with van der Waals surface area (Å²) >= 11 is 0. The van der Waals surface area contributed by atoms with Crippen LogP contribution < -0.4 is 10.0 Å². The van der Waals surface area contributed by atoms with Gasteiger partial charge in [-0.1, -0.05) is 0 Å². The van der Waals surface area contributed by atoms with Gasteiger partial charge in [0, 0.05) is 19.7 Å². The topological polar surface area (TPSA) is 108 Å². The lowest BCUT2D eigenvalue weighted by Crippen LogP contribution is -2.37. The Balaban J connectivity index is 2.27. The molecule has 1 aliphatic heterocycles. The Morgan fingerprint density at radius 3 is 2.62 bits per heavy atom. The number of rotatable bonds is 7. The van der Waals surface area contributed by atoms with E-state index in [4.69, 9.17) is 19.3 Å². The van der Waals surface area contributed by atoms with E-state index < -0.39 is 16.0 Å². The molecule has 0 bridgehead atoms. The molecule has 24 heavy (non-hydrogen) atoms. The maximum Gasteiger partial charge on any atom is 0.340 e. The fourth-order valence-electron chi connectivity index (χ4n) is 2.35. The van der Waals surface area contributed by atoms with E-state index in [0.717, 1.165) is 0 Å². The number of esters is 1. The van der Waals surface area contributed by atoms with Gasteiger partial charge in [0.25, 0.3) is 0 Å². The van der Waals surface area contributed by atoms with Crippen molar-refractivity contribution in [2.45, 2.75) is 11.8 Å². The Bertz CT molecular complexity index is 671. The zero-order valence-electron chi connectivity index (χ0n) is 13.6. The van der Waals surface area contributed by atoms with Gasteiger partial charge in [-0.15, -0.1) is 0 Å². The average Bonchev–Trinajstić information content (AvgIpc) is 2.58. The molecule has 1 heterocycles. The third-order valence-corrected chi connectivity index (χ3v) is 4.44. The highest BCUT2D eigenvalue weighted by Crippen LogP contribution is 2.25. The number of hydrogen-bond acceptors (Lipinski definition) is 7. The van der Waals surface area contributed by atoms with E-state index in [1.807, 2.05) is 11.8 Å². The molecule has 0 atom stereocenters. The minimum absolute atomic E-state index is 0.0921. The number of nitrogens with zero attached hydrogens (tertiary/aromatic N) is 1. The number of benzene rings is 1. The van der Waals surface area contributed by atoms with Gasteiger partial charge in [0.15, 0.2) is 0 Å². The van der Waals surface area contributed by atoms with Gasteiger partial charge in [-0.25, -0.2) is 18.4 Å². The van der Waals surface area contributed by atoms with E-state index in [1.165, 1.54) is 12.1 Å². The van der Waals surface area contributed by atoms with E-state index in [2.05, 4.69) is 0 Å². The number of ether oxygens (including phenoxy) is 3. The second kappa shape index (κ2) is 8.43. The zero-order valence-corrected chi connectivity index (χ0v) is 14.4. The van der Waals surface area contributed by atoms with Crippen LogP contribution in [0.3, 0.4) is 0 Å². The number of carbonyl (C=O) groups excluding carboxylic acids is 1. The van der Waals surface area contributed by atoms with Crippen molar-refractivity contribution < 1.29 is 27.4 Å². The number of hydrogen-bond donors (Lipinski definition) is 1.